The van der Waals surface area contributed by atoms with Gasteiger partial charge in [0.15, 0.2) is 0 Å². The van der Waals surface area contributed by atoms with Crippen LogP contribution in [0, 0.1) is 0 Å². The topological polar surface area (TPSA) is 36.3 Å². The molecule has 1 N–H and O–H groups in total. The number of likely N-dealkylation sites (N-methyl/N-ethyl adjacent to an activating group) is 1. The molecule has 4 rings (SSSR count). The summed E-state index contributed by atoms with van der Waals surface area (Å²) in [5.41, 5.74) is 1.30. The van der Waals surface area contributed by atoms with Crippen LogP contribution in [0.4, 0.5) is 0 Å². The minimum absolute atomic E-state index is 0.394. The third-order valence-electron chi connectivity index (χ3n) is 4.31. The smallest absolute Gasteiger partial charge is 0.0662 e. The van der Waals surface area contributed by atoms with Crippen molar-refractivity contribution in [2.24, 2.45) is 7.05 Å². The molecule has 3 saturated heterocycles. The number of aromatic nitrogens is 2. The first-order valence-corrected chi connectivity index (χ1v) is 6.97. The van der Waals surface area contributed by atoms with Crippen molar-refractivity contribution in [3.05, 3.63) is 18.0 Å². The van der Waals surface area contributed by atoms with E-state index in [2.05, 4.69) is 33.2 Å². The van der Waals surface area contributed by atoms with Crippen LogP contribution in [0.25, 0.3) is 0 Å². The van der Waals surface area contributed by atoms with Crippen LogP contribution in [-0.2, 0) is 7.05 Å². The lowest BCUT2D eigenvalue weighted by molar-refractivity contribution is -0.00460. The highest BCUT2D eigenvalue weighted by atomic mass is 15.4. The highest BCUT2D eigenvalue weighted by Crippen LogP contribution is 2.26. The standard InChI is InChI=1S/C13H23N5/c1-3-14-13(11-4-5-15-16(11)2)12-10-17-6-8-18(12)9-7-17/h4-5,12-14H,3,6-10H2,1-2H3. The van der Waals surface area contributed by atoms with E-state index in [9.17, 15) is 0 Å². The lowest BCUT2D eigenvalue weighted by atomic mass is 9.97. The van der Waals surface area contributed by atoms with Gasteiger partial charge < -0.3 is 5.32 Å². The molecule has 18 heavy (non-hydrogen) atoms. The molecule has 0 radical (unpaired) electrons. The number of aryl methyl sites for hydroxylation is 1. The van der Waals surface area contributed by atoms with Gasteiger partial charge in [-0.15, -0.1) is 0 Å². The van der Waals surface area contributed by atoms with E-state index in [0.29, 0.717) is 12.1 Å². The van der Waals surface area contributed by atoms with Gasteiger partial charge in [-0.1, -0.05) is 6.92 Å². The van der Waals surface area contributed by atoms with Crippen LogP contribution in [0.3, 0.4) is 0 Å². The van der Waals surface area contributed by atoms with E-state index in [4.69, 9.17) is 0 Å². The number of piperazine rings is 3. The zero-order valence-electron chi connectivity index (χ0n) is 11.3. The largest absolute Gasteiger partial charge is 0.308 e. The van der Waals surface area contributed by atoms with Gasteiger partial charge in [-0.05, 0) is 12.6 Å². The highest BCUT2D eigenvalue weighted by Gasteiger charge is 2.37. The van der Waals surface area contributed by atoms with Crippen molar-refractivity contribution in [2.75, 3.05) is 39.3 Å². The van der Waals surface area contributed by atoms with Crippen LogP contribution in [0.5, 0.6) is 0 Å². The van der Waals surface area contributed by atoms with Crippen LogP contribution >= 0.6 is 0 Å². The van der Waals surface area contributed by atoms with E-state index < -0.39 is 0 Å². The summed E-state index contributed by atoms with van der Waals surface area (Å²) in [7, 11) is 2.04. The second kappa shape index (κ2) is 4.99. The number of hydrogen-bond acceptors (Lipinski definition) is 4. The summed E-state index contributed by atoms with van der Waals surface area (Å²) >= 11 is 0. The maximum absolute atomic E-state index is 4.32. The van der Waals surface area contributed by atoms with Crippen molar-refractivity contribution in [2.45, 2.75) is 19.0 Å². The molecule has 2 atom stereocenters. The van der Waals surface area contributed by atoms with Gasteiger partial charge in [0.2, 0.25) is 0 Å². The van der Waals surface area contributed by atoms with Crippen molar-refractivity contribution in [1.82, 2.24) is 24.9 Å². The SMILES string of the molecule is CCNC(c1ccnn1C)C1CN2CCN1CC2. The zero-order valence-corrected chi connectivity index (χ0v) is 11.3. The summed E-state index contributed by atoms with van der Waals surface area (Å²) in [6.07, 6.45) is 1.90. The lowest BCUT2D eigenvalue weighted by Crippen LogP contribution is -2.64. The Hall–Kier alpha value is -0.910. The first-order valence-electron chi connectivity index (χ1n) is 6.97. The summed E-state index contributed by atoms with van der Waals surface area (Å²) in [5.74, 6) is 0. The normalized spacial score (nSPS) is 32.7. The van der Waals surface area contributed by atoms with E-state index in [-0.39, 0.29) is 0 Å². The van der Waals surface area contributed by atoms with Gasteiger partial charge in [-0.2, -0.15) is 5.10 Å². The average molecular weight is 249 g/mol. The van der Waals surface area contributed by atoms with Crippen LogP contribution in [0.1, 0.15) is 18.7 Å². The van der Waals surface area contributed by atoms with E-state index in [1.54, 1.807) is 0 Å². The zero-order chi connectivity index (χ0) is 12.5. The Kier molecular flexibility index (Phi) is 3.37. The minimum Gasteiger partial charge on any atom is -0.308 e. The molecule has 4 heterocycles. The number of hydrogen-bond donors (Lipinski definition) is 1. The number of rotatable bonds is 4. The van der Waals surface area contributed by atoms with E-state index in [0.717, 1.165) is 6.54 Å². The second-order valence-corrected chi connectivity index (χ2v) is 5.32. The average Bonchev–Trinajstić information content (AvgIpc) is 2.83. The summed E-state index contributed by atoms with van der Waals surface area (Å²) in [6, 6.07) is 3.12. The van der Waals surface area contributed by atoms with Crippen molar-refractivity contribution >= 4 is 0 Å². The Balaban J connectivity index is 1.84. The van der Waals surface area contributed by atoms with E-state index >= 15 is 0 Å². The van der Waals surface area contributed by atoms with Gasteiger partial charge in [0, 0.05) is 52.0 Å². The summed E-state index contributed by atoms with van der Waals surface area (Å²) in [5, 5.41) is 7.97. The molecule has 0 spiro atoms. The molecule has 1 aromatic heterocycles. The predicted octanol–water partition coefficient (Wildman–Crippen LogP) is 0.0705. The van der Waals surface area contributed by atoms with Crippen molar-refractivity contribution < 1.29 is 0 Å². The lowest BCUT2D eigenvalue weighted by Gasteiger charge is -2.50. The predicted molar refractivity (Wildman–Crippen MR) is 71.4 cm³/mol. The fourth-order valence-electron chi connectivity index (χ4n) is 3.32. The number of fused-ring (bicyclic) bond motifs is 3. The third-order valence-corrected chi connectivity index (χ3v) is 4.31. The maximum atomic E-state index is 4.32. The number of nitrogens with one attached hydrogen (secondary N) is 1. The van der Waals surface area contributed by atoms with E-state index in [1.165, 1.54) is 38.4 Å². The molecule has 0 aromatic carbocycles. The molecule has 2 unspecified atom stereocenters. The molecule has 5 nitrogen and oxygen atoms in total. The van der Waals surface area contributed by atoms with Crippen molar-refractivity contribution in [3.63, 3.8) is 0 Å². The van der Waals surface area contributed by atoms with Gasteiger partial charge in [-0.3, -0.25) is 14.5 Å². The minimum atomic E-state index is 0.394. The molecule has 1 aromatic rings. The van der Waals surface area contributed by atoms with Gasteiger partial charge in [0.25, 0.3) is 0 Å². The van der Waals surface area contributed by atoms with Crippen molar-refractivity contribution in [3.8, 4) is 0 Å². The third kappa shape index (κ3) is 2.06. The maximum Gasteiger partial charge on any atom is 0.0662 e. The van der Waals surface area contributed by atoms with Crippen LogP contribution < -0.4 is 5.32 Å². The Bertz CT molecular complexity index is 394. The van der Waals surface area contributed by atoms with Crippen LogP contribution in [0.15, 0.2) is 12.3 Å². The molecular formula is C13H23N5. The van der Waals surface area contributed by atoms with E-state index in [1.807, 2.05) is 17.9 Å². The molecule has 3 aliphatic rings. The fraction of sp³-hybridized carbons (Fsp3) is 0.769. The molecule has 2 bridgehead atoms. The summed E-state index contributed by atoms with van der Waals surface area (Å²) in [4.78, 5) is 5.23. The molecule has 3 fully saturated rings. The molecule has 5 heteroatoms. The quantitative estimate of drug-likeness (QED) is 0.819. The summed E-state index contributed by atoms with van der Waals surface area (Å²) < 4.78 is 2.01. The summed E-state index contributed by atoms with van der Waals surface area (Å²) in [6.45, 7) is 9.26. The Morgan fingerprint density at radius 3 is 2.67 bits per heavy atom. The molecule has 0 saturated carbocycles. The van der Waals surface area contributed by atoms with Crippen LogP contribution in [0.2, 0.25) is 0 Å². The molecular weight excluding hydrogens is 226 g/mol. The van der Waals surface area contributed by atoms with Gasteiger partial charge in [-0.25, -0.2) is 0 Å². The number of nitrogens with zero attached hydrogens (tertiary/aromatic N) is 4. The highest BCUT2D eigenvalue weighted by molar-refractivity contribution is 5.12. The van der Waals surface area contributed by atoms with Gasteiger partial charge >= 0.3 is 0 Å². The molecule has 0 aliphatic carbocycles. The fourth-order valence-corrected chi connectivity index (χ4v) is 3.32. The van der Waals surface area contributed by atoms with Crippen molar-refractivity contribution in [1.29, 1.82) is 0 Å². The molecule has 100 valence electrons. The second-order valence-electron chi connectivity index (χ2n) is 5.32. The van der Waals surface area contributed by atoms with Crippen LogP contribution in [-0.4, -0.2) is 64.9 Å². The Morgan fingerprint density at radius 1 is 1.39 bits per heavy atom. The Morgan fingerprint density at radius 2 is 2.17 bits per heavy atom. The molecule has 3 aliphatic heterocycles. The monoisotopic (exact) mass is 249 g/mol. The van der Waals surface area contributed by atoms with Gasteiger partial charge in [0.1, 0.15) is 0 Å². The first-order chi connectivity index (χ1) is 8.79. The first kappa shape index (κ1) is 12.1. The Labute approximate surface area is 109 Å². The molecule has 0 amide bonds. The van der Waals surface area contributed by atoms with Gasteiger partial charge in [0.05, 0.1) is 11.7 Å².